The molecule has 128 valence electrons. The van der Waals surface area contributed by atoms with E-state index in [2.05, 4.69) is 22.8 Å². The molecular formula is C19H30N2O2. The van der Waals surface area contributed by atoms with E-state index in [9.17, 15) is 5.11 Å². The fourth-order valence-electron chi connectivity index (χ4n) is 3.81. The Balaban J connectivity index is 1.58. The zero-order valence-electron chi connectivity index (χ0n) is 14.3. The van der Waals surface area contributed by atoms with Crippen LogP contribution in [0, 0.1) is 6.92 Å². The number of aryl methyl sites for hydroxylation is 1. The molecule has 4 heteroatoms. The van der Waals surface area contributed by atoms with E-state index in [1.54, 1.807) is 0 Å². The van der Waals surface area contributed by atoms with Gasteiger partial charge in [-0.15, -0.1) is 0 Å². The fraction of sp³-hybridized carbons (Fsp3) is 0.684. The highest BCUT2D eigenvalue weighted by Crippen LogP contribution is 2.26. The molecular weight excluding hydrogens is 288 g/mol. The summed E-state index contributed by atoms with van der Waals surface area (Å²) in [5.74, 6) is 0.438. The smallest absolute Gasteiger partial charge is 0.120 e. The molecule has 0 bridgehead atoms. The number of likely N-dealkylation sites (tertiary alicyclic amines) is 1. The quantitative estimate of drug-likeness (QED) is 0.905. The highest BCUT2D eigenvalue weighted by Gasteiger charge is 2.24. The molecule has 1 unspecified atom stereocenters. The Bertz CT molecular complexity index is 500. The van der Waals surface area contributed by atoms with E-state index in [1.165, 1.54) is 37.8 Å². The molecule has 0 radical (unpaired) electrons. The zero-order valence-corrected chi connectivity index (χ0v) is 14.3. The lowest BCUT2D eigenvalue weighted by molar-refractivity contribution is 0.0301. The van der Waals surface area contributed by atoms with Gasteiger partial charge in [0.25, 0.3) is 0 Å². The fourth-order valence-corrected chi connectivity index (χ4v) is 3.81. The molecule has 1 aromatic carbocycles. The third-order valence-electron chi connectivity index (χ3n) is 5.24. The third kappa shape index (κ3) is 4.69. The average molecular weight is 318 g/mol. The largest absolute Gasteiger partial charge is 0.508 e. The minimum absolute atomic E-state index is 0.438. The van der Waals surface area contributed by atoms with Crippen molar-refractivity contribution < 1.29 is 9.84 Å². The predicted molar refractivity (Wildman–Crippen MR) is 92.8 cm³/mol. The molecule has 2 aliphatic heterocycles. The Labute approximate surface area is 140 Å². The Kier molecular flexibility index (Phi) is 5.92. The van der Waals surface area contributed by atoms with Crippen LogP contribution in [0.1, 0.15) is 36.8 Å². The van der Waals surface area contributed by atoms with Gasteiger partial charge in [0.1, 0.15) is 5.75 Å². The van der Waals surface area contributed by atoms with Crippen LogP contribution in [0.15, 0.2) is 18.2 Å². The number of piperidine rings is 1. The van der Waals surface area contributed by atoms with Gasteiger partial charge in [0, 0.05) is 31.2 Å². The molecule has 0 saturated carbocycles. The van der Waals surface area contributed by atoms with Crippen LogP contribution in [-0.4, -0.2) is 60.3 Å². The Morgan fingerprint density at radius 3 is 2.83 bits per heavy atom. The first-order valence-corrected chi connectivity index (χ1v) is 9.05. The molecule has 2 aliphatic rings. The number of nitrogens with zero attached hydrogens (tertiary/aromatic N) is 2. The van der Waals surface area contributed by atoms with Crippen molar-refractivity contribution in [2.24, 2.45) is 0 Å². The number of rotatable bonds is 5. The van der Waals surface area contributed by atoms with Crippen LogP contribution in [0.2, 0.25) is 0 Å². The van der Waals surface area contributed by atoms with E-state index in [1.807, 2.05) is 12.1 Å². The van der Waals surface area contributed by atoms with Gasteiger partial charge in [-0.3, -0.25) is 9.80 Å². The zero-order chi connectivity index (χ0) is 16.1. The van der Waals surface area contributed by atoms with E-state index in [0.717, 1.165) is 45.0 Å². The topological polar surface area (TPSA) is 35.9 Å². The van der Waals surface area contributed by atoms with E-state index in [4.69, 9.17) is 4.74 Å². The molecule has 1 atom stereocenters. The van der Waals surface area contributed by atoms with Gasteiger partial charge in [-0.1, -0.05) is 24.1 Å². The Hall–Kier alpha value is -1.10. The molecule has 2 saturated heterocycles. The Morgan fingerprint density at radius 2 is 2.00 bits per heavy atom. The van der Waals surface area contributed by atoms with Crippen LogP contribution < -0.4 is 0 Å². The van der Waals surface area contributed by atoms with Gasteiger partial charge in [0.15, 0.2) is 0 Å². The van der Waals surface area contributed by atoms with Crippen molar-refractivity contribution in [3.05, 3.63) is 29.3 Å². The summed E-state index contributed by atoms with van der Waals surface area (Å²) in [5, 5.41) is 10.1. The van der Waals surface area contributed by atoms with Crippen molar-refractivity contribution in [3.8, 4) is 5.75 Å². The minimum atomic E-state index is 0.438. The molecule has 0 aromatic heterocycles. The molecule has 1 N–H and O–H groups in total. The summed E-state index contributed by atoms with van der Waals surface area (Å²) in [7, 11) is 0. The minimum Gasteiger partial charge on any atom is -0.508 e. The number of hydrogen-bond donors (Lipinski definition) is 1. The maximum atomic E-state index is 10.1. The average Bonchev–Trinajstić information content (AvgIpc) is 2.58. The second-order valence-corrected chi connectivity index (χ2v) is 6.99. The van der Waals surface area contributed by atoms with Gasteiger partial charge in [-0.25, -0.2) is 0 Å². The summed E-state index contributed by atoms with van der Waals surface area (Å²) >= 11 is 0. The highest BCUT2D eigenvalue weighted by molar-refractivity contribution is 5.35. The molecule has 2 heterocycles. The second-order valence-electron chi connectivity index (χ2n) is 6.99. The summed E-state index contributed by atoms with van der Waals surface area (Å²) in [6.07, 6.45) is 5.13. The van der Waals surface area contributed by atoms with Gasteiger partial charge in [-0.2, -0.15) is 0 Å². The lowest BCUT2D eigenvalue weighted by Crippen LogP contribution is -2.43. The lowest BCUT2D eigenvalue weighted by atomic mass is 9.97. The molecule has 1 aromatic rings. The summed E-state index contributed by atoms with van der Waals surface area (Å²) in [6, 6.07) is 6.58. The van der Waals surface area contributed by atoms with Crippen molar-refractivity contribution in [1.29, 1.82) is 0 Å². The van der Waals surface area contributed by atoms with Crippen molar-refractivity contribution in [1.82, 2.24) is 9.80 Å². The summed E-state index contributed by atoms with van der Waals surface area (Å²) in [5.41, 5.74) is 2.29. The normalized spacial score (nSPS) is 24.0. The van der Waals surface area contributed by atoms with Crippen LogP contribution >= 0.6 is 0 Å². The molecule has 0 spiro atoms. The maximum absolute atomic E-state index is 10.1. The first kappa shape index (κ1) is 16.7. The number of ether oxygens (including phenoxy) is 1. The van der Waals surface area contributed by atoms with Gasteiger partial charge >= 0.3 is 0 Å². The van der Waals surface area contributed by atoms with Crippen LogP contribution in [0.25, 0.3) is 0 Å². The molecule has 23 heavy (non-hydrogen) atoms. The van der Waals surface area contributed by atoms with Gasteiger partial charge in [-0.05, 0) is 45.3 Å². The van der Waals surface area contributed by atoms with Crippen molar-refractivity contribution >= 4 is 0 Å². The molecule has 4 nitrogen and oxygen atoms in total. The summed E-state index contributed by atoms with van der Waals surface area (Å²) in [4.78, 5) is 5.11. The van der Waals surface area contributed by atoms with Crippen LogP contribution in [0.4, 0.5) is 0 Å². The summed E-state index contributed by atoms with van der Waals surface area (Å²) < 4.78 is 5.44. The van der Waals surface area contributed by atoms with Crippen molar-refractivity contribution in [3.63, 3.8) is 0 Å². The van der Waals surface area contributed by atoms with Crippen LogP contribution in [0.3, 0.4) is 0 Å². The molecule has 2 fully saturated rings. The molecule has 3 rings (SSSR count). The van der Waals surface area contributed by atoms with Gasteiger partial charge in [0.05, 0.1) is 13.2 Å². The SMILES string of the molecule is Cc1ccc(O)c(CN2CCCCC2CCN2CCOCC2)c1. The predicted octanol–water partition coefficient (Wildman–Crippen LogP) is 2.78. The second kappa shape index (κ2) is 8.13. The Morgan fingerprint density at radius 1 is 1.17 bits per heavy atom. The summed E-state index contributed by atoms with van der Waals surface area (Å²) in [6.45, 7) is 9.20. The van der Waals surface area contributed by atoms with E-state index < -0.39 is 0 Å². The van der Waals surface area contributed by atoms with E-state index in [0.29, 0.717) is 11.8 Å². The first-order valence-electron chi connectivity index (χ1n) is 9.05. The third-order valence-corrected chi connectivity index (χ3v) is 5.24. The molecule has 0 amide bonds. The van der Waals surface area contributed by atoms with Crippen molar-refractivity contribution in [2.75, 3.05) is 39.4 Å². The van der Waals surface area contributed by atoms with Gasteiger partial charge < -0.3 is 9.84 Å². The standard InChI is InChI=1S/C19H30N2O2/c1-16-5-6-19(22)17(14-16)15-21-8-3-2-4-18(21)7-9-20-10-12-23-13-11-20/h5-6,14,18,22H,2-4,7-13,15H2,1H3. The number of aromatic hydroxyl groups is 1. The first-order chi connectivity index (χ1) is 11.2. The number of morpholine rings is 1. The monoisotopic (exact) mass is 318 g/mol. The number of hydrogen-bond acceptors (Lipinski definition) is 4. The highest BCUT2D eigenvalue weighted by atomic mass is 16.5. The number of phenols is 1. The van der Waals surface area contributed by atoms with Gasteiger partial charge in [0.2, 0.25) is 0 Å². The van der Waals surface area contributed by atoms with E-state index in [-0.39, 0.29) is 0 Å². The van der Waals surface area contributed by atoms with Crippen LogP contribution in [0.5, 0.6) is 5.75 Å². The van der Waals surface area contributed by atoms with E-state index >= 15 is 0 Å². The van der Waals surface area contributed by atoms with Crippen molar-refractivity contribution in [2.45, 2.75) is 45.2 Å². The number of phenolic OH excluding ortho intramolecular Hbond substituents is 1. The lowest BCUT2D eigenvalue weighted by Gasteiger charge is -2.37. The molecule has 0 aliphatic carbocycles. The number of benzene rings is 1. The van der Waals surface area contributed by atoms with Crippen LogP contribution in [-0.2, 0) is 11.3 Å². The maximum Gasteiger partial charge on any atom is 0.120 e.